The highest BCUT2D eigenvalue weighted by Gasteiger charge is 2.20. The van der Waals surface area contributed by atoms with Crippen LogP contribution < -0.4 is 0 Å². The predicted molar refractivity (Wildman–Crippen MR) is 63.8 cm³/mol. The Morgan fingerprint density at radius 3 is 2.60 bits per heavy atom. The van der Waals surface area contributed by atoms with Gasteiger partial charge in [-0.05, 0) is 58.0 Å². The van der Waals surface area contributed by atoms with Crippen LogP contribution in [0.4, 0.5) is 0 Å². The van der Waals surface area contributed by atoms with Crippen LogP contribution >= 0.6 is 11.3 Å². The van der Waals surface area contributed by atoms with Crippen molar-refractivity contribution < 1.29 is 4.79 Å². The first-order valence-corrected chi connectivity index (χ1v) is 6.27. The second kappa shape index (κ2) is 4.45. The number of ketones is 1. The van der Waals surface area contributed by atoms with Gasteiger partial charge in [-0.2, -0.15) is 0 Å². The number of Topliss-reactive ketones (excluding diaryl/α,β-unsaturated/α-hetero) is 1. The monoisotopic (exact) mass is 223 g/mol. The van der Waals surface area contributed by atoms with Gasteiger partial charge in [0.15, 0.2) is 5.78 Å². The number of thiophene rings is 1. The largest absolute Gasteiger partial charge is 0.306 e. The van der Waals surface area contributed by atoms with Crippen molar-refractivity contribution in [3.05, 3.63) is 21.9 Å². The van der Waals surface area contributed by atoms with Gasteiger partial charge in [0.25, 0.3) is 0 Å². The molecule has 1 aromatic heterocycles. The number of hydrogen-bond donors (Lipinski definition) is 0. The molecule has 0 unspecified atom stereocenters. The fourth-order valence-electron chi connectivity index (χ4n) is 2.05. The third kappa shape index (κ3) is 2.47. The molecular formula is C12H17NOS. The van der Waals surface area contributed by atoms with Crippen LogP contribution in [-0.2, 0) is 0 Å². The molecule has 2 rings (SSSR count). The molecule has 0 bridgehead atoms. The summed E-state index contributed by atoms with van der Waals surface area (Å²) in [6.07, 6.45) is 2.46. The van der Waals surface area contributed by atoms with Crippen molar-refractivity contribution in [1.82, 2.24) is 4.90 Å². The summed E-state index contributed by atoms with van der Waals surface area (Å²) in [5.74, 6) is 0.874. The summed E-state index contributed by atoms with van der Waals surface area (Å²) in [7, 11) is 2.17. The molecule has 0 saturated carbocycles. The number of carbonyl (C=O) groups excluding carboxylic acids is 1. The van der Waals surface area contributed by atoms with Gasteiger partial charge in [0.2, 0.25) is 0 Å². The Morgan fingerprint density at radius 1 is 1.40 bits per heavy atom. The Balaban J connectivity index is 2.06. The molecular weight excluding hydrogens is 206 g/mol. The number of nitrogens with zero attached hydrogens (tertiary/aromatic N) is 1. The van der Waals surface area contributed by atoms with E-state index in [0.717, 1.165) is 4.88 Å². The fraction of sp³-hybridized carbons (Fsp3) is 0.583. The minimum atomic E-state index is 0.194. The average molecular weight is 223 g/mol. The molecule has 1 aromatic rings. The Morgan fingerprint density at radius 2 is 2.07 bits per heavy atom. The zero-order valence-electron chi connectivity index (χ0n) is 9.32. The zero-order chi connectivity index (χ0) is 10.8. The summed E-state index contributed by atoms with van der Waals surface area (Å²) < 4.78 is 0. The lowest BCUT2D eigenvalue weighted by molar-refractivity contribution is 0.102. The summed E-state index contributed by atoms with van der Waals surface area (Å²) in [5.41, 5.74) is 0. The molecule has 0 atom stereocenters. The molecule has 1 aliphatic heterocycles. The van der Waals surface area contributed by atoms with E-state index in [0.29, 0.717) is 5.92 Å². The third-order valence-corrected chi connectivity index (χ3v) is 4.44. The Bertz CT molecular complexity index is 350. The molecule has 0 spiro atoms. The highest BCUT2D eigenvalue weighted by Crippen LogP contribution is 2.32. The second-order valence-corrected chi connectivity index (χ2v) is 5.45. The molecule has 15 heavy (non-hydrogen) atoms. The predicted octanol–water partition coefficient (Wildman–Crippen LogP) is 2.76. The standard InChI is InChI=1S/C12H17NOS/c1-9(14)11-3-4-12(15-11)10-5-7-13(2)8-6-10/h3-4,10H,5-8H2,1-2H3. The number of hydrogen-bond acceptors (Lipinski definition) is 3. The molecule has 0 aliphatic carbocycles. The lowest BCUT2D eigenvalue weighted by atomic mass is 9.96. The maximum Gasteiger partial charge on any atom is 0.169 e. The molecule has 82 valence electrons. The van der Waals surface area contributed by atoms with Crippen LogP contribution in [0.15, 0.2) is 12.1 Å². The molecule has 2 nitrogen and oxygen atoms in total. The van der Waals surface area contributed by atoms with Crippen LogP contribution in [0, 0.1) is 0 Å². The quantitative estimate of drug-likeness (QED) is 0.719. The fourth-order valence-corrected chi connectivity index (χ4v) is 3.13. The highest BCUT2D eigenvalue weighted by molar-refractivity contribution is 7.14. The van der Waals surface area contributed by atoms with Crippen molar-refractivity contribution in [2.45, 2.75) is 25.7 Å². The Labute approximate surface area is 94.9 Å². The normalized spacial score (nSPS) is 19.3. The molecule has 3 heteroatoms. The SMILES string of the molecule is CC(=O)c1ccc(C2CCN(C)CC2)s1. The van der Waals surface area contributed by atoms with Crippen molar-refractivity contribution >= 4 is 17.1 Å². The molecule has 1 fully saturated rings. The molecule has 0 aromatic carbocycles. The molecule has 2 heterocycles. The first kappa shape index (κ1) is 10.8. The first-order valence-electron chi connectivity index (χ1n) is 5.46. The minimum absolute atomic E-state index is 0.194. The van der Waals surface area contributed by atoms with Crippen molar-refractivity contribution in [2.75, 3.05) is 20.1 Å². The van der Waals surface area contributed by atoms with Gasteiger partial charge < -0.3 is 4.90 Å². The minimum Gasteiger partial charge on any atom is -0.306 e. The van der Waals surface area contributed by atoms with Gasteiger partial charge >= 0.3 is 0 Å². The highest BCUT2D eigenvalue weighted by atomic mass is 32.1. The Hall–Kier alpha value is -0.670. The molecule has 0 radical (unpaired) electrons. The van der Waals surface area contributed by atoms with E-state index in [4.69, 9.17) is 0 Å². The van der Waals surface area contributed by atoms with E-state index in [2.05, 4.69) is 18.0 Å². The van der Waals surface area contributed by atoms with Crippen LogP contribution in [0.25, 0.3) is 0 Å². The zero-order valence-corrected chi connectivity index (χ0v) is 10.1. The van der Waals surface area contributed by atoms with E-state index < -0.39 is 0 Å². The van der Waals surface area contributed by atoms with E-state index in [1.165, 1.54) is 30.8 Å². The van der Waals surface area contributed by atoms with Crippen molar-refractivity contribution in [3.8, 4) is 0 Å². The van der Waals surface area contributed by atoms with Gasteiger partial charge in [0, 0.05) is 4.88 Å². The maximum atomic E-state index is 11.2. The van der Waals surface area contributed by atoms with Gasteiger partial charge in [0.05, 0.1) is 4.88 Å². The van der Waals surface area contributed by atoms with Gasteiger partial charge in [0.1, 0.15) is 0 Å². The number of piperidine rings is 1. The number of likely N-dealkylation sites (tertiary alicyclic amines) is 1. The lowest BCUT2D eigenvalue weighted by Crippen LogP contribution is -2.28. The van der Waals surface area contributed by atoms with E-state index in [9.17, 15) is 4.79 Å². The smallest absolute Gasteiger partial charge is 0.169 e. The summed E-state index contributed by atoms with van der Waals surface area (Å²) in [4.78, 5) is 15.9. The van der Waals surface area contributed by atoms with Gasteiger partial charge in [-0.1, -0.05) is 0 Å². The van der Waals surface area contributed by atoms with Gasteiger partial charge in [-0.15, -0.1) is 11.3 Å². The lowest BCUT2D eigenvalue weighted by Gasteiger charge is -2.28. The van der Waals surface area contributed by atoms with Crippen LogP contribution in [-0.4, -0.2) is 30.8 Å². The van der Waals surface area contributed by atoms with Gasteiger partial charge in [-0.25, -0.2) is 0 Å². The van der Waals surface area contributed by atoms with Crippen LogP contribution in [0.5, 0.6) is 0 Å². The molecule has 0 amide bonds. The second-order valence-electron chi connectivity index (χ2n) is 4.34. The summed E-state index contributed by atoms with van der Waals surface area (Å²) in [5, 5.41) is 0. The molecule has 1 aliphatic rings. The number of carbonyl (C=O) groups is 1. The van der Waals surface area contributed by atoms with E-state index in [1.807, 2.05) is 6.07 Å². The number of rotatable bonds is 2. The van der Waals surface area contributed by atoms with Crippen molar-refractivity contribution in [1.29, 1.82) is 0 Å². The Kier molecular flexibility index (Phi) is 3.22. The van der Waals surface area contributed by atoms with Gasteiger partial charge in [-0.3, -0.25) is 4.79 Å². The van der Waals surface area contributed by atoms with Crippen molar-refractivity contribution in [2.24, 2.45) is 0 Å². The maximum absolute atomic E-state index is 11.2. The first-order chi connectivity index (χ1) is 7.16. The average Bonchev–Trinajstić information content (AvgIpc) is 2.68. The van der Waals surface area contributed by atoms with Crippen LogP contribution in [0.2, 0.25) is 0 Å². The van der Waals surface area contributed by atoms with Crippen LogP contribution in [0.1, 0.15) is 40.2 Å². The summed E-state index contributed by atoms with van der Waals surface area (Å²) in [6, 6.07) is 4.11. The molecule has 0 N–H and O–H groups in total. The van der Waals surface area contributed by atoms with Crippen LogP contribution in [0.3, 0.4) is 0 Å². The third-order valence-electron chi connectivity index (χ3n) is 3.09. The van der Waals surface area contributed by atoms with E-state index in [-0.39, 0.29) is 5.78 Å². The molecule has 1 saturated heterocycles. The van der Waals surface area contributed by atoms with E-state index in [1.54, 1.807) is 18.3 Å². The summed E-state index contributed by atoms with van der Waals surface area (Å²) in [6.45, 7) is 4.00. The summed E-state index contributed by atoms with van der Waals surface area (Å²) >= 11 is 1.68. The topological polar surface area (TPSA) is 20.3 Å². The van der Waals surface area contributed by atoms with E-state index >= 15 is 0 Å². The van der Waals surface area contributed by atoms with Crippen molar-refractivity contribution in [3.63, 3.8) is 0 Å².